The van der Waals surface area contributed by atoms with Gasteiger partial charge in [-0.15, -0.1) is 0 Å². The molecule has 0 unspecified atom stereocenters. The fourth-order valence-corrected chi connectivity index (χ4v) is 5.63. The summed E-state index contributed by atoms with van der Waals surface area (Å²) in [5, 5.41) is 2.91. The van der Waals surface area contributed by atoms with Crippen molar-refractivity contribution >= 4 is 21.6 Å². The lowest BCUT2D eigenvalue weighted by molar-refractivity contribution is -0.121. The monoisotopic (exact) mass is 429 g/mol. The van der Waals surface area contributed by atoms with E-state index in [1.165, 1.54) is 15.4 Å². The smallest absolute Gasteiger partial charge is 0.243 e. The summed E-state index contributed by atoms with van der Waals surface area (Å²) < 4.78 is 27.3. The predicted octanol–water partition coefficient (Wildman–Crippen LogP) is 3.41. The molecule has 2 aromatic carbocycles. The molecule has 0 saturated heterocycles. The maximum absolute atomic E-state index is 13.0. The van der Waals surface area contributed by atoms with Crippen LogP contribution < -0.4 is 5.32 Å². The minimum Gasteiger partial charge on any atom is -0.325 e. The fourth-order valence-electron chi connectivity index (χ4n) is 3.92. The zero-order valence-electron chi connectivity index (χ0n) is 18.2. The zero-order chi connectivity index (χ0) is 21.9. The molecule has 6 nitrogen and oxygen atoms in total. The summed E-state index contributed by atoms with van der Waals surface area (Å²) in [6.45, 7) is 9.67. The van der Waals surface area contributed by atoms with E-state index in [0.717, 1.165) is 19.5 Å². The molecule has 0 bridgehead atoms. The van der Waals surface area contributed by atoms with Gasteiger partial charge < -0.3 is 5.32 Å². The number of nitrogens with zero attached hydrogens (tertiary/aromatic N) is 2. The molecule has 1 atom stereocenters. The number of aryl methyl sites for hydroxylation is 1. The number of fused-ring (bicyclic) bond motifs is 1. The van der Waals surface area contributed by atoms with Crippen LogP contribution >= 0.6 is 0 Å². The molecule has 162 valence electrons. The molecule has 0 spiro atoms. The summed E-state index contributed by atoms with van der Waals surface area (Å²) in [5.41, 5.74) is 3.76. The van der Waals surface area contributed by atoms with Gasteiger partial charge in [0.2, 0.25) is 15.9 Å². The average Bonchev–Trinajstić information content (AvgIpc) is 2.74. The number of amides is 1. The van der Waals surface area contributed by atoms with Crippen LogP contribution in [0.2, 0.25) is 0 Å². The van der Waals surface area contributed by atoms with Crippen molar-refractivity contribution in [1.29, 1.82) is 0 Å². The molecule has 1 N–H and O–H groups in total. The molecule has 1 heterocycles. The first-order valence-corrected chi connectivity index (χ1v) is 11.9. The van der Waals surface area contributed by atoms with E-state index in [1.807, 2.05) is 32.9 Å². The van der Waals surface area contributed by atoms with Gasteiger partial charge in [0.15, 0.2) is 0 Å². The molecule has 7 heteroatoms. The van der Waals surface area contributed by atoms with E-state index in [9.17, 15) is 13.2 Å². The van der Waals surface area contributed by atoms with E-state index < -0.39 is 10.0 Å². The topological polar surface area (TPSA) is 69.7 Å². The first kappa shape index (κ1) is 22.5. The van der Waals surface area contributed by atoms with Crippen molar-refractivity contribution in [1.82, 2.24) is 9.21 Å². The Kier molecular flexibility index (Phi) is 6.95. The van der Waals surface area contributed by atoms with Crippen molar-refractivity contribution in [2.75, 3.05) is 25.0 Å². The average molecular weight is 430 g/mol. The van der Waals surface area contributed by atoms with E-state index >= 15 is 0 Å². The number of carbonyl (C=O) groups is 1. The third-order valence-electron chi connectivity index (χ3n) is 5.87. The number of anilines is 1. The van der Waals surface area contributed by atoms with Crippen LogP contribution in [0.5, 0.6) is 0 Å². The lowest BCUT2D eigenvalue weighted by Gasteiger charge is -2.33. The molecule has 0 aliphatic carbocycles. The molecule has 2 aromatic rings. The van der Waals surface area contributed by atoms with E-state index in [2.05, 4.69) is 22.3 Å². The Hall–Kier alpha value is -2.22. The van der Waals surface area contributed by atoms with Gasteiger partial charge in [-0.2, -0.15) is 4.31 Å². The van der Waals surface area contributed by atoms with Crippen LogP contribution in [0.15, 0.2) is 47.4 Å². The van der Waals surface area contributed by atoms with Crippen molar-refractivity contribution < 1.29 is 13.2 Å². The summed E-state index contributed by atoms with van der Waals surface area (Å²) in [6, 6.07) is 13.1. The third kappa shape index (κ3) is 4.58. The van der Waals surface area contributed by atoms with Gasteiger partial charge in [-0.25, -0.2) is 8.42 Å². The number of hydrogen-bond acceptors (Lipinski definition) is 4. The van der Waals surface area contributed by atoms with Gasteiger partial charge in [0, 0.05) is 31.9 Å². The molecule has 30 heavy (non-hydrogen) atoms. The SMILES string of the molecule is CCN(CC)S(=O)(=O)c1cc(NC(=O)[C@@H](C)N2CCc3ccccc3C2)ccc1C. The van der Waals surface area contributed by atoms with Gasteiger partial charge in [0.25, 0.3) is 0 Å². The largest absolute Gasteiger partial charge is 0.325 e. The Morgan fingerprint density at radius 1 is 1.13 bits per heavy atom. The van der Waals surface area contributed by atoms with Crippen LogP contribution in [0.3, 0.4) is 0 Å². The van der Waals surface area contributed by atoms with Crippen LogP contribution in [-0.2, 0) is 27.8 Å². The number of sulfonamides is 1. The summed E-state index contributed by atoms with van der Waals surface area (Å²) in [6.07, 6.45) is 0.921. The first-order valence-electron chi connectivity index (χ1n) is 10.5. The minimum atomic E-state index is -3.59. The minimum absolute atomic E-state index is 0.135. The lowest BCUT2D eigenvalue weighted by Crippen LogP contribution is -2.44. The third-order valence-corrected chi connectivity index (χ3v) is 8.06. The van der Waals surface area contributed by atoms with Crippen LogP contribution in [0.4, 0.5) is 5.69 Å². The van der Waals surface area contributed by atoms with Crippen molar-refractivity contribution in [3.63, 3.8) is 0 Å². The standard InChI is InChI=1S/C23H31N3O3S/c1-5-26(6-2)30(28,29)22-15-21(12-11-17(22)3)24-23(27)18(4)25-14-13-19-9-7-8-10-20(19)16-25/h7-12,15,18H,5-6,13-14,16H2,1-4H3,(H,24,27)/t18-/m1/s1. The zero-order valence-corrected chi connectivity index (χ0v) is 19.0. The Morgan fingerprint density at radius 3 is 2.47 bits per heavy atom. The summed E-state index contributed by atoms with van der Waals surface area (Å²) in [7, 11) is -3.59. The second-order valence-electron chi connectivity index (χ2n) is 7.72. The summed E-state index contributed by atoms with van der Waals surface area (Å²) in [4.78, 5) is 15.3. The molecule has 1 aliphatic rings. The fraction of sp³-hybridized carbons (Fsp3) is 0.435. The second kappa shape index (κ2) is 9.29. The highest BCUT2D eigenvalue weighted by molar-refractivity contribution is 7.89. The van der Waals surface area contributed by atoms with Crippen molar-refractivity contribution in [2.24, 2.45) is 0 Å². The van der Waals surface area contributed by atoms with E-state index in [1.54, 1.807) is 25.1 Å². The van der Waals surface area contributed by atoms with Crippen molar-refractivity contribution in [3.05, 3.63) is 59.2 Å². The molecule has 0 fully saturated rings. The van der Waals surface area contributed by atoms with Gasteiger partial charge in [-0.3, -0.25) is 9.69 Å². The van der Waals surface area contributed by atoms with E-state index in [-0.39, 0.29) is 16.8 Å². The van der Waals surface area contributed by atoms with Crippen LogP contribution in [0.25, 0.3) is 0 Å². The molecule has 1 aliphatic heterocycles. The molecule has 3 rings (SSSR count). The number of hydrogen-bond donors (Lipinski definition) is 1. The summed E-state index contributed by atoms with van der Waals surface area (Å²) >= 11 is 0. The molecular formula is C23H31N3O3S. The lowest BCUT2D eigenvalue weighted by atomic mass is 9.99. The molecular weight excluding hydrogens is 398 g/mol. The Morgan fingerprint density at radius 2 is 1.80 bits per heavy atom. The van der Waals surface area contributed by atoms with Gasteiger partial charge in [-0.1, -0.05) is 44.2 Å². The number of carbonyl (C=O) groups excluding carboxylic acids is 1. The number of nitrogens with one attached hydrogen (secondary N) is 1. The normalized spacial score (nSPS) is 15.6. The van der Waals surface area contributed by atoms with Crippen LogP contribution in [0.1, 0.15) is 37.5 Å². The molecule has 0 radical (unpaired) electrons. The van der Waals surface area contributed by atoms with Crippen molar-refractivity contribution in [3.8, 4) is 0 Å². The highest BCUT2D eigenvalue weighted by Gasteiger charge is 2.27. The van der Waals surface area contributed by atoms with Gasteiger partial charge in [0.1, 0.15) is 0 Å². The van der Waals surface area contributed by atoms with Gasteiger partial charge in [0.05, 0.1) is 10.9 Å². The summed E-state index contributed by atoms with van der Waals surface area (Å²) in [5.74, 6) is -0.135. The maximum Gasteiger partial charge on any atom is 0.243 e. The second-order valence-corrected chi connectivity index (χ2v) is 9.63. The Labute approximate surface area is 179 Å². The highest BCUT2D eigenvalue weighted by atomic mass is 32.2. The maximum atomic E-state index is 13.0. The van der Waals surface area contributed by atoms with Gasteiger partial charge in [-0.05, 0) is 49.1 Å². The predicted molar refractivity (Wildman–Crippen MR) is 120 cm³/mol. The molecule has 0 aromatic heterocycles. The van der Waals surface area contributed by atoms with Crippen LogP contribution in [0, 0.1) is 6.92 Å². The highest BCUT2D eigenvalue weighted by Crippen LogP contribution is 2.25. The van der Waals surface area contributed by atoms with E-state index in [0.29, 0.717) is 24.3 Å². The quantitative estimate of drug-likeness (QED) is 0.732. The van der Waals surface area contributed by atoms with Crippen LogP contribution in [-0.4, -0.2) is 49.2 Å². The van der Waals surface area contributed by atoms with E-state index in [4.69, 9.17) is 0 Å². The molecule has 0 saturated carbocycles. The van der Waals surface area contributed by atoms with Gasteiger partial charge >= 0.3 is 0 Å². The Balaban J connectivity index is 1.76. The van der Waals surface area contributed by atoms with Crippen molar-refractivity contribution in [2.45, 2.75) is 51.6 Å². The Bertz CT molecular complexity index is 1020. The first-order chi connectivity index (χ1) is 14.3. The number of rotatable bonds is 7. The number of benzene rings is 2. The molecule has 1 amide bonds.